The number of nitrogens with zero attached hydrogens (tertiary/aromatic N) is 2. The molecule has 0 saturated carbocycles. The SMILES string of the molecule is COc1cc2c(CCN3CCCC3)cn(CCO)c2cc1Cl. The summed E-state index contributed by atoms with van der Waals surface area (Å²) in [4.78, 5) is 2.52. The molecule has 0 aliphatic carbocycles. The van der Waals surface area contributed by atoms with E-state index in [1.165, 1.54) is 36.9 Å². The van der Waals surface area contributed by atoms with Gasteiger partial charge in [0.05, 0.1) is 24.3 Å². The van der Waals surface area contributed by atoms with E-state index >= 15 is 0 Å². The lowest BCUT2D eigenvalue weighted by Gasteiger charge is -2.13. The molecular weight excluding hydrogens is 300 g/mol. The first kappa shape index (κ1) is 15.7. The number of hydrogen-bond acceptors (Lipinski definition) is 3. The highest BCUT2D eigenvalue weighted by molar-refractivity contribution is 6.32. The van der Waals surface area contributed by atoms with E-state index in [4.69, 9.17) is 16.3 Å². The number of methoxy groups -OCH3 is 1. The standard InChI is InChI=1S/C17H23ClN2O2/c1-22-17-10-14-13(4-7-19-5-2-3-6-19)12-20(8-9-21)16(14)11-15(17)18/h10-12,21H,2-9H2,1H3. The van der Waals surface area contributed by atoms with Crippen LogP contribution in [0.15, 0.2) is 18.3 Å². The number of aromatic nitrogens is 1. The largest absolute Gasteiger partial charge is 0.495 e. The van der Waals surface area contributed by atoms with Crippen LogP contribution in [-0.4, -0.2) is 47.9 Å². The van der Waals surface area contributed by atoms with Gasteiger partial charge in [-0.05, 0) is 50.0 Å². The molecule has 0 atom stereocenters. The van der Waals surface area contributed by atoms with Crippen LogP contribution < -0.4 is 4.74 Å². The Balaban J connectivity index is 1.92. The van der Waals surface area contributed by atoms with Crippen molar-refractivity contribution in [3.63, 3.8) is 0 Å². The smallest absolute Gasteiger partial charge is 0.138 e. The van der Waals surface area contributed by atoms with Crippen LogP contribution in [-0.2, 0) is 13.0 Å². The Morgan fingerprint density at radius 3 is 2.68 bits per heavy atom. The molecule has 1 aromatic heterocycles. The molecule has 1 fully saturated rings. The molecular formula is C17H23ClN2O2. The molecule has 0 spiro atoms. The average Bonchev–Trinajstić information content (AvgIpc) is 3.13. The van der Waals surface area contributed by atoms with Crippen LogP contribution in [0.2, 0.25) is 5.02 Å². The van der Waals surface area contributed by atoms with Crippen LogP contribution in [0.1, 0.15) is 18.4 Å². The molecule has 0 unspecified atom stereocenters. The summed E-state index contributed by atoms with van der Waals surface area (Å²) in [6.07, 6.45) is 5.79. The van der Waals surface area contributed by atoms with Gasteiger partial charge in [-0.3, -0.25) is 0 Å². The maximum atomic E-state index is 9.27. The van der Waals surface area contributed by atoms with Crippen molar-refractivity contribution in [2.75, 3.05) is 33.4 Å². The Hall–Kier alpha value is -1.23. The summed E-state index contributed by atoms with van der Waals surface area (Å²) >= 11 is 6.26. The number of halogens is 1. The predicted molar refractivity (Wildman–Crippen MR) is 90.0 cm³/mol. The monoisotopic (exact) mass is 322 g/mol. The number of ether oxygens (including phenoxy) is 1. The molecule has 1 aromatic carbocycles. The first-order chi connectivity index (χ1) is 10.7. The average molecular weight is 323 g/mol. The van der Waals surface area contributed by atoms with Crippen molar-refractivity contribution in [2.24, 2.45) is 0 Å². The molecule has 120 valence electrons. The molecule has 4 nitrogen and oxygen atoms in total. The van der Waals surface area contributed by atoms with E-state index in [-0.39, 0.29) is 6.61 Å². The van der Waals surface area contributed by atoms with Crippen molar-refractivity contribution in [3.8, 4) is 5.75 Å². The molecule has 1 saturated heterocycles. The topological polar surface area (TPSA) is 37.6 Å². The van der Waals surface area contributed by atoms with Crippen molar-refractivity contribution in [1.82, 2.24) is 9.47 Å². The third-order valence-corrected chi connectivity index (χ3v) is 4.77. The first-order valence-electron chi connectivity index (χ1n) is 7.91. The lowest BCUT2D eigenvalue weighted by Crippen LogP contribution is -2.21. The fourth-order valence-electron chi connectivity index (χ4n) is 3.30. The third kappa shape index (κ3) is 3.09. The van der Waals surface area contributed by atoms with Crippen molar-refractivity contribution >= 4 is 22.5 Å². The van der Waals surface area contributed by atoms with E-state index in [0.29, 0.717) is 17.3 Å². The van der Waals surface area contributed by atoms with Crippen LogP contribution in [0, 0.1) is 0 Å². The van der Waals surface area contributed by atoms with Gasteiger partial charge in [-0.1, -0.05) is 11.6 Å². The van der Waals surface area contributed by atoms with Crippen molar-refractivity contribution in [2.45, 2.75) is 25.8 Å². The minimum atomic E-state index is 0.124. The van der Waals surface area contributed by atoms with E-state index in [9.17, 15) is 5.11 Å². The predicted octanol–water partition coefficient (Wildman–Crippen LogP) is 2.93. The van der Waals surface area contributed by atoms with Crippen LogP contribution >= 0.6 is 11.6 Å². The summed E-state index contributed by atoms with van der Waals surface area (Å²) in [5, 5.41) is 11.1. The highest BCUT2D eigenvalue weighted by Crippen LogP contribution is 2.33. The second-order valence-electron chi connectivity index (χ2n) is 5.87. The van der Waals surface area contributed by atoms with Crippen LogP contribution in [0.25, 0.3) is 10.9 Å². The number of fused-ring (bicyclic) bond motifs is 1. The summed E-state index contributed by atoms with van der Waals surface area (Å²) in [5.74, 6) is 0.707. The summed E-state index contributed by atoms with van der Waals surface area (Å²) in [7, 11) is 1.64. The number of aliphatic hydroxyl groups is 1. The maximum absolute atomic E-state index is 9.27. The van der Waals surface area contributed by atoms with Crippen molar-refractivity contribution < 1.29 is 9.84 Å². The minimum Gasteiger partial charge on any atom is -0.495 e. The molecule has 2 heterocycles. The molecule has 1 aliphatic rings. The minimum absolute atomic E-state index is 0.124. The van der Waals surface area contributed by atoms with Gasteiger partial charge in [-0.2, -0.15) is 0 Å². The van der Waals surface area contributed by atoms with Crippen LogP contribution in [0.4, 0.5) is 0 Å². The lowest BCUT2D eigenvalue weighted by atomic mass is 10.1. The highest BCUT2D eigenvalue weighted by Gasteiger charge is 2.15. The molecule has 1 aliphatic heterocycles. The van der Waals surface area contributed by atoms with Crippen molar-refractivity contribution in [1.29, 1.82) is 0 Å². The van der Waals surface area contributed by atoms with Gasteiger partial charge in [0.2, 0.25) is 0 Å². The fourth-order valence-corrected chi connectivity index (χ4v) is 3.53. The summed E-state index contributed by atoms with van der Waals surface area (Å²) < 4.78 is 7.44. The Morgan fingerprint density at radius 2 is 2.00 bits per heavy atom. The number of likely N-dealkylation sites (tertiary alicyclic amines) is 1. The van der Waals surface area contributed by atoms with Crippen LogP contribution in [0.3, 0.4) is 0 Å². The van der Waals surface area contributed by atoms with E-state index in [1.807, 2.05) is 12.1 Å². The molecule has 2 aromatic rings. The van der Waals surface area contributed by atoms with Crippen LogP contribution in [0.5, 0.6) is 5.75 Å². The normalized spacial score (nSPS) is 15.8. The Kier molecular flexibility index (Phi) is 4.91. The van der Waals surface area contributed by atoms with Gasteiger partial charge in [0.15, 0.2) is 0 Å². The molecule has 1 N–H and O–H groups in total. The second kappa shape index (κ2) is 6.90. The van der Waals surface area contributed by atoms with Gasteiger partial charge in [0.25, 0.3) is 0 Å². The zero-order valence-corrected chi connectivity index (χ0v) is 13.8. The van der Waals surface area contributed by atoms with Gasteiger partial charge in [-0.15, -0.1) is 0 Å². The van der Waals surface area contributed by atoms with E-state index < -0.39 is 0 Å². The molecule has 3 rings (SSSR count). The van der Waals surface area contributed by atoms with Gasteiger partial charge >= 0.3 is 0 Å². The zero-order chi connectivity index (χ0) is 15.5. The number of benzene rings is 1. The molecule has 22 heavy (non-hydrogen) atoms. The summed E-state index contributed by atoms with van der Waals surface area (Å²) in [5.41, 5.74) is 2.36. The van der Waals surface area contributed by atoms with Gasteiger partial charge in [0, 0.05) is 24.7 Å². The zero-order valence-electron chi connectivity index (χ0n) is 13.0. The Labute approximate surface area is 136 Å². The van der Waals surface area contributed by atoms with E-state index in [2.05, 4.69) is 15.7 Å². The molecule has 0 amide bonds. The van der Waals surface area contributed by atoms with E-state index in [0.717, 1.165) is 18.5 Å². The molecule has 5 heteroatoms. The second-order valence-corrected chi connectivity index (χ2v) is 6.28. The summed E-state index contributed by atoms with van der Waals surface area (Å²) in [6, 6.07) is 3.95. The number of hydrogen-bond donors (Lipinski definition) is 1. The Morgan fingerprint density at radius 1 is 1.23 bits per heavy atom. The highest BCUT2D eigenvalue weighted by atomic mass is 35.5. The third-order valence-electron chi connectivity index (χ3n) is 4.47. The fraction of sp³-hybridized carbons (Fsp3) is 0.529. The van der Waals surface area contributed by atoms with Crippen molar-refractivity contribution in [3.05, 3.63) is 28.9 Å². The van der Waals surface area contributed by atoms with E-state index in [1.54, 1.807) is 7.11 Å². The first-order valence-corrected chi connectivity index (χ1v) is 8.29. The van der Waals surface area contributed by atoms with Gasteiger partial charge in [-0.25, -0.2) is 0 Å². The summed E-state index contributed by atoms with van der Waals surface area (Å²) in [6.45, 7) is 4.22. The lowest BCUT2D eigenvalue weighted by molar-refractivity contribution is 0.278. The molecule has 0 radical (unpaired) electrons. The maximum Gasteiger partial charge on any atom is 0.138 e. The number of rotatable bonds is 6. The Bertz CT molecular complexity index is 648. The molecule has 0 bridgehead atoms. The van der Waals surface area contributed by atoms with Gasteiger partial charge in [0.1, 0.15) is 5.75 Å². The van der Waals surface area contributed by atoms with Gasteiger partial charge < -0.3 is 19.3 Å². The quantitative estimate of drug-likeness (QED) is 0.888. The number of aliphatic hydroxyl groups excluding tert-OH is 1.